The van der Waals surface area contributed by atoms with E-state index >= 15 is 0 Å². The number of hydrogen-bond acceptors (Lipinski definition) is 3. The fourth-order valence-electron chi connectivity index (χ4n) is 2.98. The normalized spacial score (nSPS) is 12.2. The molecule has 0 aliphatic heterocycles. The number of nitrogens with one attached hydrogen (secondary N) is 1. The summed E-state index contributed by atoms with van der Waals surface area (Å²) in [6.45, 7) is 8.03. The van der Waals surface area contributed by atoms with E-state index in [1.165, 1.54) is 0 Å². The SMILES string of the molecule is Cc1nn(-c2ccccc2)c(C)c1CNC(=O)C(C)n1ncc(Cl)c1C. The number of carbonyl (C=O) groups excluding carboxylic acids is 1. The molecule has 0 fully saturated rings. The molecule has 0 saturated carbocycles. The molecule has 0 aliphatic rings. The van der Waals surface area contributed by atoms with Gasteiger partial charge in [-0.2, -0.15) is 10.2 Å². The van der Waals surface area contributed by atoms with Crippen LogP contribution in [-0.2, 0) is 11.3 Å². The van der Waals surface area contributed by atoms with Gasteiger partial charge < -0.3 is 5.32 Å². The number of aryl methyl sites for hydroxylation is 1. The van der Waals surface area contributed by atoms with Crippen LogP contribution >= 0.6 is 11.6 Å². The molecule has 1 atom stereocenters. The number of halogens is 1. The fraction of sp³-hybridized carbons (Fsp3) is 0.316. The van der Waals surface area contributed by atoms with E-state index in [2.05, 4.69) is 15.5 Å². The van der Waals surface area contributed by atoms with Crippen LogP contribution in [0.3, 0.4) is 0 Å². The molecule has 0 saturated heterocycles. The highest BCUT2D eigenvalue weighted by atomic mass is 35.5. The third kappa shape index (κ3) is 3.37. The summed E-state index contributed by atoms with van der Waals surface area (Å²) in [4.78, 5) is 12.5. The first-order chi connectivity index (χ1) is 12.4. The Bertz CT molecular complexity index is 929. The molecule has 1 aromatic carbocycles. The molecule has 1 N–H and O–H groups in total. The lowest BCUT2D eigenvalue weighted by Gasteiger charge is -2.14. The Kier molecular flexibility index (Phi) is 5.13. The van der Waals surface area contributed by atoms with E-state index in [9.17, 15) is 4.79 Å². The first kappa shape index (κ1) is 18.2. The third-order valence-corrected chi connectivity index (χ3v) is 4.98. The van der Waals surface area contributed by atoms with Crippen molar-refractivity contribution in [3.63, 3.8) is 0 Å². The zero-order valence-electron chi connectivity index (χ0n) is 15.3. The van der Waals surface area contributed by atoms with Gasteiger partial charge in [-0.05, 0) is 39.8 Å². The summed E-state index contributed by atoms with van der Waals surface area (Å²) in [5.74, 6) is -0.112. The van der Waals surface area contributed by atoms with Gasteiger partial charge in [0.25, 0.3) is 0 Å². The summed E-state index contributed by atoms with van der Waals surface area (Å²) < 4.78 is 3.53. The second kappa shape index (κ2) is 7.33. The second-order valence-electron chi connectivity index (χ2n) is 6.31. The molecule has 2 heterocycles. The van der Waals surface area contributed by atoms with E-state index in [1.54, 1.807) is 17.8 Å². The quantitative estimate of drug-likeness (QED) is 0.746. The minimum absolute atomic E-state index is 0.112. The number of hydrogen-bond donors (Lipinski definition) is 1. The number of aromatic nitrogens is 4. The number of rotatable bonds is 5. The van der Waals surface area contributed by atoms with Crippen molar-refractivity contribution in [2.75, 3.05) is 0 Å². The Morgan fingerprint density at radius 2 is 1.88 bits per heavy atom. The van der Waals surface area contributed by atoms with Gasteiger partial charge in [0.1, 0.15) is 6.04 Å². The molecule has 7 heteroatoms. The van der Waals surface area contributed by atoms with Crippen LogP contribution in [0, 0.1) is 20.8 Å². The third-order valence-electron chi connectivity index (χ3n) is 4.61. The average Bonchev–Trinajstić information content (AvgIpc) is 3.12. The lowest BCUT2D eigenvalue weighted by atomic mass is 10.2. The molecular formula is C19H22ClN5O. The van der Waals surface area contributed by atoms with Crippen molar-refractivity contribution in [2.45, 2.75) is 40.3 Å². The first-order valence-corrected chi connectivity index (χ1v) is 8.85. The van der Waals surface area contributed by atoms with Crippen LogP contribution in [0.15, 0.2) is 36.5 Å². The number of para-hydroxylation sites is 1. The number of amides is 1. The monoisotopic (exact) mass is 371 g/mol. The largest absolute Gasteiger partial charge is 0.350 e. The minimum atomic E-state index is -0.438. The predicted molar refractivity (Wildman–Crippen MR) is 102 cm³/mol. The van der Waals surface area contributed by atoms with Gasteiger partial charge in [-0.1, -0.05) is 29.8 Å². The molecule has 0 aliphatic carbocycles. The van der Waals surface area contributed by atoms with Gasteiger partial charge in [-0.15, -0.1) is 0 Å². The maximum atomic E-state index is 12.5. The summed E-state index contributed by atoms with van der Waals surface area (Å²) in [5.41, 5.74) is 4.71. The van der Waals surface area contributed by atoms with Crippen LogP contribution in [0.4, 0.5) is 0 Å². The van der Waals surface area contributed by atoms with Crippen LogP contribution in [0.5, 0.6) is 0 Å². The summed E-state index contributed by atoms with van der Waals surface area (Å²) >= 11 is 6.03. The van der Waals surface area contributed by atoms with E-state index in [-0.39, 0.29) is 5.91 Å². The molecule has 6 nitrogen and oxygen atoms in total. The Hall–Kier alpha value is -2.60. The summed E-state index contributed by atoms with van der Waals surface area (Å²) in [6, 6.07) is 9.51. The van der Waals surface area contributed by atoms with Gasteiger partial charge in [0.2, 0.25) is 5.91 Å². The second-order valence-corrected chi connectivity index (χ2v) is 6.72. The lowest BCUT2D eigenvalue weighted by molar-refractivity contribution is -0.124. The Labute approximate surface area is 157 Å². The molecule has 0 bridgehead atoms. The standard InChI is InChI=1S/C19H22ClN5O/c1-12-17(13(2)25(23-12)16-8-6-5-7-9-16)10-21-19(26)15(4)24-14(3)18(20)11-22-24/h5-9,11,15H,10H2,1-4H3,(H,21,26). The fourth-order valence-corrected chi connectivity index (χ4v) is 3.11. The molecular weight excluding hydrogens is 350 g/mol. The molecule has 0 radical (unpaired) electrons. The number of nitrogens with zero attached hydrogens (tertiary/aromatic N) is 4. The van der Waals surface area contributed by atoms with Crippen molar-refractivity contribution in [2.24, 2.45) is 0 Å². The maximum absolute atomic E-state index is 12.5. The van der Waals surface area contributed by atoms with Crippen molar-refractivity contribution < 1.29 is 4.79 Å². The number of carbonyl (C=O) groups is 1. The Morgan fingerprint density at radius 3 is 2.50 bits per heavy atom. The van der Waals surface area contributed by atoms with Crippen LogP contribution in [0.25, 0.3) is 5.69 Å². The van der Waals surface area contributed by atoms with Crippen molar-refractivity contribution in [3.05, 3.63) is 64.2 Å². The molecule has 1 amide bonds. The number of benzene rings is 1. The molecule has 26 heavy (non-hydrogen) atoms. The van der Waals surface area contributed by atoms with Crippen LogP contribution in [0.1, 0.15) is 35.6 Å². The topological polar surface area (TPSA) is 64.7 Å². The van der Waals surface area contributed by atoms with Gasteiger partial charge in [-0.3, -0.25) is 9.48 Å². The van der Waals surface area contributed by atoms with Crippen LogP contribution in [-0.4, -0.2) is 25.5 Å². The summed E-state index contributed by atoms with van der Waals surface area (Å²) in [7, 11) is 0. The van der Waals surface area contributed by atoms with E-state index in [0.717, 1.165) is 28.3 Å². The minimum Gasteiger partial charge on any atom is -0.350 e. The van der Waals surface area contributed by atoms with Crippen molar-refractivity contribution in [3.8, 4) is 5.69 Å². The van der Waals surface area contributed by atoms with Crippen molar-refractivity contribution in [1.82, 2.24) is 24.9 Å². The highest BCUT2D eigenvalue weighted by molar-refractivity contribution is 6.31. The van der Waals surface area contributed by atoms with Gasteiger partial charge in [0.05, 0.1) is 28.3 Å². The van der Waals surface area contributed by atoms with Gasteiger partial charge in [-0.25, -0.2) is 4.68 Å². The molecule has 0 spiro atoms. The first-order valence-electron chi connectivity index (χ1n) is 8.48. The zero-order chi connectivity index (χ0) is 18.8. The summed E-state index contributed by atoms with van der Waals surface area (Å²) in [5, 5.41) is 12.3. The molecule has 1 unspecified atom stereocenters. The molecule has 3 rings (SSSR count). The molecule has 2 aromatic heterocycles. The van der Waals surface area contributed by atoms with E-state index in [0.29, 0.717) is 11.6 Å². The van der Waals surface area contributed by atoms with Crippen LogP contribution in [0.2, 0.25) is 5.02 Å². The van der Waals surface area contributed by atoms with E-state index in [1.807, 2.05) is 55.8 Å². The highest BCUT2D eigenvalue weighted by Gasteiger charge is 2.20. The highest BCUT2D eigenvalue weighted by Crippen LogP contribution is 2.19. The van der Waals surface area contributed by atoms with Crippen LogP contribution < -0.4 is 5.32 Å². The molecule has 3 aromatic rings. The predicted octanol–water partition coefficient (Wildman–Crippen LogP) is 3.52. The average molecular weight is 372 g/mol. The lowest BCUT2D eigenvalue weighted by Crippen LogP contribution is -2.31. The Balaban J connectivity index is 1.75. The van der Waals surface area contributed by atoms with Gasteiger partial charge in [0, 0.05) is 17.8 Å². The van der Waals surface area contributed by atoms with Crippen molar-refractivity contribution in [1.29, 1.82) is 0 Å². The Morgan fingerprint density at radius 1 is 1.19 bits per heavy atom. The van der Waals surface area contributed by atoms with Gasteiger partial charge >= 0.3 is 0 Å². The van der Waals surface area contributed by atoms with E-state index < -0.39 is 6.04 Å². The zero-order valence-corrected chi connectivity index (χ0v) is 16.1. The smallest absolute Gasteiger partial charge is 0.244 e. The molecule has 136 valence electrons. The maximum Gasteiger partial charge on any atom is 0.244 e. The summed E-state index contributed by atoms with van der Waals surface area (Å²) in [6.07, 6.45) is 1.55. The van der Waals surface area contributed by atoms with Gasteiger partial charge in [0.15, 0.2) is 0 Å². The van der Waals surface area contributed by atoms with E-state index in [4.69, 9.17) is 11.6 Å². The van der Waals surface area contributed by atoms with Crippen molar-refractivity contribution >= 4 is 17.5 Å².